The lowest BCUT2D eigenvalue weighted by molar-refractivity contribution is 0.178. The highest BCUT2D eigenvalue weighted by Gasteiger charge is 2.32. The number of rotatable bonds is 5. The third-order valence-electron chi connectivity index (χ3n) is 4.88. The summed E-state index contributed by atoms with van der Waals surface area (Å²) >= 11 is 0. The van der Waals surface area contributed by atoms with Crippen molar-refractivity contribution in [2.75, 3.05) is 40.5 Å². The number of ether oxygens (including phenoxy) is 3. The van der Waals surface area contributed by atoms with Gasteiger partial charge in [0.15, 0.2) is 0 Å². The molecule has 0 spiro atoms. The van der Waals surface area contributed by atoms with Crippen LogP contribution in [0, 0.1) is 5.92 Å². The minimum absolute atomic E-state index is 0.00210. The van der Waals surface area contributed by atoms with Crippen molar-refractivity contribution in [1.82, 2.24) is 10.2 Å². The number of amides is 2. The molecule has 2 saturated heterocycles. The first-order valence-corrected chi connectivity index (χ1v) is 8.57. The summed E-state index contributed by atoms with van der Waals surface area (Å²) in [6, 6.07) is 5.84. The normalized spacial score (nSPS) is 23.3. The van der Waals surface area contributed by atoms with E-state index in [9.17, 15) is 4.79 Å². The molecule has 0 radical (unpaired) electrons. The highest BCUT2D eigenvalue weighted by Crippen LogP contribution is 2.38. The molecule has 3 rings (SSSR count). The Morgan fingerprint density at radius 2 is 2.21 bits per heavy atom. The SMILES string of the molecule is COc1ccc([C@H]2CCCN2C(=O)NC[C@@H]2CCOC2)c(OC)c1. The Balaban J connectivity index is 1.69. The predicted octanol–water partition coefficient (Wildman–Crippen LogP) is 2.59. The van der Waals surface area contributed by atoms with Crippen molar-refractivity contribution < 1.29 is 19.0 Å². The number of nitrogens with one attached hydrogen (secondary N) is 1. The molecular weight excluding hydrogens is 308 g/mol. The fourth-order valence-corrected chi connectivity index (χ4v) is 3.50. The second-order valence-electron chi connectivity index (χ2n) is 6.37. The van der Waals surface area contributed by atoms with Crippen molar-refractivity contribution in [1.29, 1.82) is 0 Å². The number of carbonyl (C=O) groups is 1. The van der Waals surface area contributed by atoms with Gasteiger partial charge in [0.05, 0.1) is 26.9 Å². The fraction of sp³-hybridized carbons (Fsp3) is 0.611. The fourth-order valence-electron chi connectivity index (χ4n) is 3.50. The molecule has 0 bridgehead atoms. The lowest BCUT2D eigenvalue weighted by atomic mass is 10.0. The molecule has 132 valence electrons. The van der Waals surface area contributed by atoms with Crippen molar-refractivity contribution >= 4 is 6.03 Å². The van der Waals surface area contributed by atoms with E-state index in [2.05, 4.69) is 5.32 Å². The number of likely N-dealkylation sites (tertiary alicyclic amines) is 1. The minimum Gasteiger partial charge on any atom is -0.497 e. The Hall–Kier alpha value is -1.95. The van der Waals surface area contributed by atoms with Gasteiger partial charge in [-0.25, -0.2) is 4.79 Å². The molecule has 2 aliphatic rings. The smallest absolute Gasteiger partial charge is 0.317 e. The van der Waals surface area contributed by atoms with Gasteiger partial charge in [-0.3, -0.25) is 0 Å². The largest absolute Gasteiger partial charge is 0.497 e. The van der Waals surface area contributed by atoms with E-state index in [0.29, 0.717) is 12.5 Å². The molecule has 6 heteroatoms. The molecule has 2 heterocycles. The van der Waals surface area contributed by atoms with E-state index in [4.69, 9.17) is 14.2 Å². The third kappa shape index (κ3) is 3.59. The number of methoxy groups -OCH3 is 2. The summed E-state index contributed by atoms with van der Waals surface area (Å²) in [4.78, 5) is 14.5. The van der Waals surface area contributed by atoms with E-state index in [1.165, 1.54) is 0 Å². The Morgan fingerprint density at radius 1 is 1.33 bits per heavy atom. The van der Waals surface area contributed by atoms with E-state index in [1.54, 1.807) is 14.2 Å². The first-order chi connectivity index (χ1) is 11.7. The number of carbonyl (C=O) groups excluding carboxylic acids is 1. The van der Waals surface area contributed by atoms with Gasteiger partial charge in [-0.1, -0.05) is 0 Å². The Morgan fingerprint density at radius 3 is 2.92 bits per heavy atom. The zero-order valence-electron chi connectivity index (χ0n) is 14.4. The zero-order chi connectivity index (χ0) is 16.9. The highest BCUT2D eigenvalue weighted by molar-refractivity contribution is 5.75. The van der Waals surface area contributed by atoms with Gasteiger partial charge < -0.3 is 24.4 Å². The molecule has 6 nitrogen and oxygen atoms in total. The van der Waals surface area contributed by atoms with Crippen LogP contribution in [0.1, 0.15) is 30.9 Å². The Labute approximate surface area is 143 Å². The van der Waals surface area contributed by atoms with Gasteiger partial charge >= 0.3 is 6.03 Å². The molecular formula is C18H26N2O4. The van der Waals surface area contributed by atoms with Crippen LogP contribution >= 0.6 is 0 Å². The van der Waals surface area contributed by atoms with E-state index in [-0.39, 0.29) is 12.1 Å². The van der Waals surface area contributed by atoms with E-state index in [1.807, 2.05) is 23.1 Å². The van der Waals surface area contributed by atoms with Crippen molar-refractivity contribution in [3.8, 4) is 11.5 Å². The van der Waals surface area contributed by atoms with Gasteiger partial charge in [0.2, 0.25) is 0 Å². The van der Waals surface area contributed by atoms with Crippen LogP contribution in [-0.2, 0) is 4.74 Å². The molecule has 2 aliphatic heterocycles. The summed E-state index contributed by atoms with van der Waals surface area (Å²) in [5.74, 6) is 1.96. The summed E-state index contributed by atoms with van der Waals surface area (Å²) in [6.45, 7) is 3.00. The lowest BCUT2D eigenvalue weighted by Crippen LogP contribution is -2.41. The molecule has 2 fully saturated rings. The second kappa shape index (κ2) is 7.75. The summed E-state index contributed by atoms with van der Waals surface area (Å²) in [6.07, 6.45) is 2.97. The number of hydrogen-bond donors (Lipinski definition) is 1. The Bertz CT molecular complexity index is 572. The van der Waals surface area contributed by atoms with Crippen LogP contribution in [0.25, 0.3) is 0 Å². The molecule has 0 unspecified atom stereocenters. The third-order valence-corrected chi connectivity index (χ3v) is 4.88. The lowest BCUT2D eigenvalue weighted by Gasteiger charge is -2.27. The molecule has 0 aromatic heterocycles. The summed E-state index contributed by atoms with van der Waals surface area (Å²) in [5, 5.41) is 3.07. The number of benzene rings is 1. The maximum atomic E-state index is 12.6. The van der Waals surface area contributed by atoms with Gasteiger partial charge in [0.1, 0.15) is 11.5 Å². The minimum atomic E-state index is 0.00210. The highest BCUT2D eigenvalue weighted by atomic mass is 16.5. The molecule has 1 N–H and O–H groups in total. The van der Waals surface area contributed by atoms with Crippen LogP contribution in [0.5, 0.6) is 11.5 Å². The van der Waals surface area contributed by atoms with Gasteiger partial charge in [-0.2, -0.15) is 0 Å². The first-order valence-electron chi connectivity index (χ1n) is 8.57. The van der Waals surface area contributed by atoms with E-state index in [0.717, 1.165) is 56.1 Å². The molecule has 1 aromatic rings. The topological polar surface area (TPSA) is 60.0 Å². The molecule has 2 amide bonds. The average Bonchev–Trinajstić information content (AvgIpc) is 3.30. The quantitative estimate of drug-likeness (QED) is 0.899. The first kappa shape index (κ1) is 16.9. The van der Waals surface area contributed by atoms with Crippen LogP contribution < -0.4 is 14.8 Å². The summed E-state index contributed by atoms with van der Waals surface area (Å²) < 4.78 is 16.1. The van der Waals surface area contributed by atoms with Crippen LogP contribution in [0.3, 0.4) is 0 Å². The van der Waals surface area contributed by atoms with Crippen molar-refractivity contribution in [3.05, 3.63) is 23.8 Å². The standard InChI is InChI=1S/C18H26N2O4/c1-22-14-5-6-15(17(10-14)23-2)16-4-3-8-20(16)18(21)19-11-13-7-9-24-12-13/h5-6,10,13,16H,3-4,7-9,11-12H2,1-2H3,(H,19,21)/t13-,16+/m0/s1. The van der Waals surface area contributed by atoms with Crippen molar-refractivity contribution in [3.63, 3.8) is 0 Å². The van der Waals surface area contributed by atoms with Crippen molar-refractivity contribution in [2.45, 2.75) is 25.3 Å². The average molecular weight is 334 g/mol. The number of hydrogen-bond acceptors (Lipinski definition) is 4. The maximum Gasteiger partial charge on any atom is 0.317 e. The molecule has 1 aromatic carbocycles. The monoisotopic (exact) mass is 334 g/mol. The number of nitrogens with zero attached hydrogens (tertiary/aromatic N) is 1. The van der Waals surface area contributed by atoms with E-state index < -0.39 is 0 Å². The Kier molecular flexibility index (Phi) is 5.45. The van der Waals surface area contributed by atoms with Crippen molar-refractivity contribution in [2.24, 2.45) is 5.92 Å². The molecule has 24 heavy (non-hydrogen) atoms. The summed E-state index contributed by atoms with van der Waals surface area (Å²) in [7, 11) is 3.29. The van der Waals surface area contributed by atoms with Crippen LogP contribution in [-0.4, -0.2) is 51.5 Å². The van der Waals surface area contributed by atoms with Crippen LogP contribution in [0.4, 0.5) is 4.79 Å². The number of urea groups is 1. The zero-order valence-corrected chi connectivity index (χ0v) is 14.4. The van der Waals surface area contributed by atoms with Gasteiger partial charge in [-0.05, 0) is 31.4 Å². The molecule has 0 saturated carbocycles. The van der Waals surface area contributed by atoms with Crippen LogP contribution in [0.2, 0.25) is 0 Å². The summed E-state index contributed by atoms with van der Waals surface area (Å²) in [5.41, 5.74) is 1.04. The maximum absolute atomic E-state index is 12.6. The van der Waals surface area contributed by atoms with Crippen LogP contribution in [0.15, 0.2) is 18.2 Å². The van der Waals surface area contributed by atoms with Gasteiger partial charge in [0.25, 0.3) is 0 Å². The predicted molar refractivity (Wildman–Crippen MR) is 90.6 cm³/mol. The second-order valence-corrected chi connectivity index (χ2v) is 6.37. The molecule has 2 atom stereocenters. The molecule has 0 aliphatic carbocycles. The van der Waals surface area contributed by atoms with Gasteiger partial charge in [-0.15, -0.1) is 0 Å². The van der Waals surface area contributed by atoms with Gasteiger partial charge in [0, 0.05) is 37.2 Å². The van der Waals surface area contributed by atoms with E-state index >= 15 is 0 Å².